The zero-order valence-electron chi connectivity index (χ0n) is 16.6. The maximum atomic E-state index is 13.1. The Balaban J connectivity index is 2.01. The zero-order valence-corrected chi connectivity index (χ0v) is 17.4. The highest BCUT2D eigenvalue weighted by molar-refractivity contribution is 7.89. The number of H-pyrrole nitrogens is 1. The van der Waals surface area contributed by atoms with Gasteiger partial charge in [0.2, 0.25) is 10.0 Å². The van der Waals surface area contributed by atoms with Gasteiger partial charge in [-0.3, -0.25) is 4.79 Å². The molecule has 3 rings (SSSR count). The number of hydrogen-bond acceptors (Lipinski definition) is 5. The summed E-state index contributed by atoms with van der Waals surface area (Å²) in [4.78, 5) is 15.6. The van der Waals surface area contributed by atoms with Gasteiger partial charge in [0.25, 0.3) is 5.56 Å². The normalized spacial score (nSPS) is 11.9. The van der Waals surface area contributed by atoms with Crippen molar-refractivity contribution >= 4 is 20.9 Å². The number of nitrogens with one attached hydrogen (secondary N) is 1. The van der Waals surface area contributed by atoms with Gasteiger partial charge < -0.3 is 14.8 Å². The predicted molar refractivity (Wildman–Crippen MR) is 112 cm³/mol. The average molecular weight is 416 g/mol. The van der Waals surface area contributed by atoms with E-state index in [1.54, 1.807) is 18.2 Å². The Morgan fingerprint density at radius 2 is 1.79 bits per heavy atom. The number of aliphatic hydroxyl groups is 1. The second-order valence-electron chi connectivity index (χ2n) is 6.83. The SMILES string of the molecule is COc1ccc(S(=O)(=O)N(CCO)Cc2cc3ccc(C)c(C)c3[nH]c2=O)cc1. The predicted octanol–water partition coefficient (Wildman–Crippen LogP) is 2.34. The first kappa shape index (κ1) is 21.0. The molecule has 7 nitrogen and oxygen atoms in total. The molecule has 0 aliphatic heterocycles. The molecule has 0 atom stereocenters. The van der Waals surface area contributed by atoms with Gasteiger partial charge in [0.1, 0.15) is 5.75 Å². The minimum atomic E-state index is -3.91. The highest BCUT2D eigenvalue weighted by atomic mass is 32.2. The molecule has 0 radical (unpaired) electrons. The van der Waals surface area contributed by atoms with E-state index in [1.807, 2.05) is 26.0 Å². The Labute approximate surface area is 169 Å². The fraction of sp³-hybridized carbons (Fsp3) is 0.286. The summed E-state index contributed by atoms with van der Waals surface area (Å²) in [5, 5.41) is 10.2. The Bertz CT molecular complexity index is 1180. The fourth-order valence-corrected chi connectivity index (χ4v) is 4.58. The van der Waals surface area contributed by atoms with Crippen molar-refractivity contribution in [3.8, 4) is 5.75 Å². The van der Waals surface area contributed by atoms with Gasteiger partial charge >= 0.3 is 0 Å². The zero-order chi connectivity index (χ0) is 21.2. The van der Waals surface area contributed by atoms with Crippen LogP contribution in [0.15, 0.2) is 52.2 Å². The summed E-state index contributed by atoms with van der Waals surface area (Å²) in [5.41, 5.74) is 2.74. The molecule has 8 heteroatoms. The molecule has 154 valence electrons. The molecule has 0 fully saturated rings. The molecule has 0 saturated carbocycles. The molecule has 0 saturated heterocycles. The van der Waals surface area contributed by atoms with Crippen molar-refractivity contribution in [3.05, 3.63) is 69.5 Å². The average Bonchev–Trinajstić information content (AvgIpc) is 2.71. The number of hydrogen-bond donors (Lipinski definition) is 2. The second kappa shape index (κ2) is 8.36. The first-order valence-corrected chi connectivity index (χ1v) is 10.6. The molecule has 0 bridgehead atoms. The lowest BCUT2D eigenvalue weighted by atomic mass is 10.0. The summed E-state index contributed by atoms with van der Waals surface area (Å²) < 4.78 is 32.3. The molecule has 0 unspecified atom stereocenters. The molecular weight excluding hydrogens is 392 g/mol. The number of aromatic amines is 1. The Kier molecular flexibility index (Phi) is 6.07. The molecule has 2 aromatic carbocycles. The molecule has 0 spiro atoms. The Morgan fingerprint density at radius 3 is 2.41 bits per heavy atom. The van der Waals surface area contributed by atoms with E-state index >= 15 is 0 Å². The van der Waals surface area contributed by atoms with Crippen LogP contribution in [0.5, 0.6) is 5.75 Å². The number of nitrogens with zero attached hydrogens (tertiary/aromatic N) is 1. The van der Waals surface area contributed by atoms with Crippen LogP contribution in [0.3, 0.4) is 0 Å². The Morgan fingerprint density at radius 1 is 1.10 bits per heavy atom. The summed E-state index contributed by atoms with van der Waals surface area (Å²) in [6.07, 6.45) is 0. The monoisotopic (exact) mass is 416 g/mol. The lowest BCUT2D eigenvalue weighted by molar-refractivity contribution is 0.251. The van der Waals surface area contributed by atoms with Crippen molar-refractivity contribution in [2.45, 2.75) is 25.3 Å². The van der Waals surface area contributed by atoms with Crippen LogP contribution >= 0.6 is 0 Å². The fourth-order valence-electron chi connectivity index (χ4n) is 3.17. The van der Waals surface area contributed by atoms with E-state index in [4.69, 9.17) is 4.74 Å². The van der Waals surface area contributed by atoms with Crippen LogP contribution < -0.4 is 10.3 Å². The third-order valence-corrected chi connectivity index (χ3v) is 6.88. The highest BCUT2D eigenvalue weighted by Crippen LogP contribution is 2.22. The molecule has 0 aliphatic carbocycles. The molecule has 1 aromatic heterocycles. The van der Waals surface area contributed by atoms with Gasteiger partial charge in [-0.25, -0.2) is 8.42 Å². The lowest BCUT2D eigenvalue weighted by Gasteiger charge is -2.21. The summed E-state index contributed by atoms with van der Waals surface area (Å²) in [6, 6.07) is 11.5. The maximum Gasteiger partial charge on any atom is 0.252 e. The molecule has 0 aliphatic rings. The van der Waals surface area contributed by atoms with Crippen molar-refractivity contribution in [2.75, 3.05) is 20.3 Å². The third kappa shape index (κ3) is 4.19. The van der Waals surface area contributed by atoms with Gasteiger partial charge in [0.05, 0.1) is 24.1 Å². The van der Waals surface area contributed by atoms with Crippen molar-refractivity contribution in [2.24, 2.45) is 0 Å². The van der Waals surface area contributed by atoms with Crippen molar-refractivity contribution in [3.63, 3.8) is 0 Å². The van der Waals surface area contributed by atoms with E-state index in [0.29, 0.717) is 11.3 Å². The number of fused-ring (bicyclic) bond motifs is 1. The van der Waals surface area contributed by atoms with E-state index in [0.717, 1.165) is 26.3 Å². The second-order valence-corrected chi connectivity index (χ2v) is 8.77. The summed E-state index contributed by atoms with van der Waals surface area (Å²) in [6.45, 7) is 3.26. The molecule has 1 heterocycles. The first-order chi connectivity index (χ1) is 13.8. The van der Waals surface area contributed by atoms with E-state index in [2.05, 4.69) is 4.98 Å². The molecular formula is C21H24N2O5S. The van der Waals surface area contributed by atoms with Gasteiger partial charge in [0, 0.05) is 18.7 Å². The van der Waals surface area contributed by atoms with E-state index in [-0.39, 0.29) is 30.2 Å². The van der Waals surface area contributed by atoms with E-state index in [1.165, 1.54) is 19.2 Å². The first-order valence-electron chi connectivity index (χ1n) is 9.15. The summed E-state index contributed by atoms with van der Waals surface area (Å²) in [7, 11) is -2.41. The van der Waals surface area contributed by atoms with Gasteiger partial charge in [-0.1, -0.05) is 12.1 Å². The standard InChI is InChI=1S/C21H24N2O5S/c1-14-4-5-16-12-17(21(25)22-20(16)15(14)2)13-23(10-11-24)29(26,27)19-8-6-18(28-3)7-9-19/h4-9,12,24H,10-11,13H2,1-3H3,(H,22,25). The number of methoxy groups -OCH3 is 1. The van der Waals surface area contributed by atoms with Crippen LogP contribution in [-0.2, 0) is 16.6 Å². The van der Waals surface area contributed by atoms with E-state index < -0.39 is 10.0 Å². The number of pyridine rings is 1. The summed E-state index contributed by atoms with van der Waals surface area (Å²) in [5.74, 6) is 0.536. The number of aromatic nitrogens is 1. The van der Waals surface area contributed by atoms with Crippen molar-refractivity contribution < 1.29 is 18.3 Å². The van der Waals surface area contributed by atoms with Gasteiger partial charge in [0.15, 0.2) is 0 Å². The number of rotatable bonds is 7. The van der Waals surface area contributed by atoms with Crippen LogP contribution in [0.1, 0.15) is 16.7 Å². The van der Waals surface area contributed by atoms with Crippen LogP contribution in [0.25, 0.3) is 10.9 Å². The number of benzene rings is 2. The largest absolute Gasteiger partial charge is 0.497 e. The van der Waals surface area contributed by atoms with Gasteiger partial charge in [-0.05, 0) is 60.7 Å². The number of ether oxygens (including phenoxy) is 1. The van der Waals surface area contributed by atoms with Gasteiger partial charge in [-0.2, -0.15) is 4.31 Å². The Hall–Kier alpha value is -2.68. The van der Waals surface area contributed by atoms with Crippen LogP contribution in [0.4, 0.5) is 0 Å². The maximum absolute atomic E-state index is 13.1. The van der Waals surface area contributed by atoms with Crippen LogP contribution in [0.2, 0.25) is 0 Å². The topological polar surface area (TPSA) is 99.7 Å². The van der Waals surface area contributed by atoms with Crippen LogP contribution in [0, 0.1) is 13.8 Å². The smallest absolute Gasteiger partial charge is 0.252 e. The lowest BCUT2D eigenvalue weighted by Crippen LogP contribution is -2.35. The molecule has 3 aromatic rings. The quantitative estimate of drug-likeness (QED) is 0.616. The number of sulfonamides is 1. The van der Waals surface area contributed by atoms with Crippen molar-refractivity contribution in [1.29, 1.82) is 0 Å². The van der Waals surface area contributed by atoms with E-state index in [9.17, 15) is 18.3 Å². The van der Waals surface area contributed by atoms with Crippen LogP contribution in [-0.4, -0.2) is 43.1 Å². The number of aliphatic hydroxyl groups excluding tert-OH is 1. The molecule has 0 amide bonds. The molecule has 29 heavy (non-hydrogen) atoms. The minimum Gasteiger partial charge on any atom is -0.497 e. The van der Waals surface area contributed by atoms with Gasteiger partial charge in [-0.15, -0.1) is 0 Å². The third-order valence-electron chi connectivity index (χ3n) is 5.02. The minimum absolute atomic E-state index is 0.0652. The van der Waals surface area contributed by atoms with Crippen molar-refractivity contribution in [1.82, 2.24) is 9.29 Å². The highest BCUT2D eigenvalue weighted by Gasteiger charge is 2.25. The number of aryl methyl sites for hydroxylation is 2. The molecule has 2 N–H and O–H groups in total. The summed E-state index contributed by atoms with van der Waals surface area (Å²) >= 11 is 0.